The third kappa shape index (κ3) is 5.62. The first-order valence-electron chi connectivity index (χ1n) is 6.37. The van der Waals surface area contributed by atoms with Crippen LogP contribution in [-0.4, -0.2) is 47.8 Å². The summed E-state index contributed by atoms with van der Waals surface area (Å²) in [5.74, 6) is 1.39. The van der Waals surface area contributed by atoms with E-state index in [0.717, 1.165) is 13.0 Å². The predicted molar refractivity (Wildman–Crippen MR) is 72.0 cm³/mol. The first-order chi connectivity index (χ1) is 9.56. The molecule has 0 radical (unpaired) electrons. The number of ether oxygens (including phenoxy) is 1. The fourth-order valence-electron chi connectivity index (χ4n) is 1.42. The van der Waals surface area contributed by atoms with E-state index < -0.39 is 12.5 Å². The summed E-state index contributed by atoms with van der Waals surface area (Å²) in [6.07, 6.45) is -3.60. The standard InChI is InChI=1S/C12H20F2N4O2/c1-3-4-15-9-5-10(16-6-8(19)12(13)14)18-11(17-9)7-20-2/h5,8,12,19H,3-4,6-7H2,1-2H3,(H2,15,16,17,18). The Balaban J connectivity index is 2.74. The fraction of sp³-hybridized carbons (Fsp3) is 0.667. The van der Waals surface area contributed by atoms with Crippen LogP contribution in [0.2, 0.25) is 0 Å². The first-order valence-corrected chi connectivity index (χ1v) is 6.37. The van der Waals surface area contributed by atoms with Gasteiger partial charge in [0.15, 0.2) is 5.82 Å². The molecule has 0 aliphatic carbocycles. The monoisotopic (exact) mass is 290 g/mol. The van der Waals surface area contributed by atoms with Crippen LogP contribution in [0.1, 0.15) is 19.2 Å². The molecular weight excluding hydrogens is 270 g/mol. The number of halogens is 2. The van der Waals surface area contributed by atoms with Gasteiger partial charge in [-0.05, 0) is 6.42 Å². The van der Waals surface area contributed by atoms with Crippen molar-refractivity contribution in [2.45, 2.75) is 32.5 Å². The zero-order valence-electron chi connectivity index (χ0n) is 11.6. The maximum Gasteiger partial charge on any atom is 0.265 e. The number of alkyl halides is 2. The maximum atomic E-state index is 12.2. The van der Waals surface area contributed by atoms with Gasteiger partial charge < -0.3 is 20.5 Å². The van der Waals surface area contributed by atoms with Gasteiger partial charge in [0.05, 0.1) is 0 Å². The van der Waals surface area contributed by atoms with E-state index in [1.165, 1.54) is 7.11 Å². The number of aliphatic hydroxyl groups is 1. The topological polar surface area (TPSA) is 79.3 Å². The highest BCUT2D eigenvalue weighted by Gasteiger charge is 2.16. The molecule has 0 aliphatic heterocycles. The quantitative estimate of drug-likeness (QED) is 0.639. The molecule has 1 rings (SSSR count). The fourth-order valence-corrected chi connectivity index (χ4v) is 1.42. The van der Waals surface area contributed by atoms with E-state index in [1.807, 2.05) is 6.92 Å². The predicted octanol–water partition coefficient (Wildman–Crippen LogP) is 1.48. The van der Waals surface area contributed by atoms with Gasteiger partial charge in [0.25, 0.3) is 6.43 Å². The molecule has 0 saturated carbocycles. The number of nitrogens with zero attached hydrogens (tertiary/aromatic N) is 2. The van der Waals surface area contributed by atoms with Crippen molar-refractivity contribution >= 4 is 11.6 Å². The van der Waals surface area contributed by atoms with E-state index in [2.05, 4.69) is 20.6 Å². The van der Waals surface area contributed by atoms with Crippen molar-refractivity contribution in [2.75, 3.05) is 30.8 Å². The third-order valence-electron chi connectivity index (χ3n) is 2.39. The van der Waals surface area contributed by atoms with Crippen molar-refractivity contribution < 1.29 is 18.6 Å². The van der Waals surface area contributed by atoms with Crippen molar-refractivity contribution in [3.05, 3.63) is 11.9 Å². The third-order valence-corrected chi connectivity index (χ3v) is 2.39. The molecule has 20 heavy (non-hydrogen) atoms. The molecule has 114 valence electrons. The number of aliphatic hydroxyl groups excluding tert-OH is 1. The van der Waals surface area contributed by atoms with Gasteiger partial charge in [-0.1, -0.05) is 6.92 Å². The van der Waals surface area contributed by atoms with Crippen LogP contribution in [0.5, 0.6) is 0 Å². The van der Waals surface area contributed by atoms with E-state index >= 15 is 0 Å². The number of anilines is 2. The number of hydrogen-bond acceptors (Lipinski definition) is 6. The minimum absolute atomic E-state index is 0.216. The molecule has 0 aromatic carbocycles. The summed E-state index contributed by atoms with van der Waals surface area (Å²) in [6, 6.07) is 1.60. The van der Waals surface area contributed by atoms with Gasteiger partial charge in [0.1, 0.15) is 24.3 Å². The van der Waals surface area contributed by atoms with E-state index in [-0.39, 0.29) is 13.2 Å². The van der Waals surface area contributed by atoms with Crippen LogP contribution in [0.3, 0.4) is 0 Å². The van der Waals surface area contributed by atoms with E-state index in [1.54, 1.807) is 6.07 Å². The highest BCUT2D eigenvalue weighted by atomic mass is 19.3. The molecular formula is C12H20F2N4O2. The van der Waals surface area contributed by atoms with Gasteiger partial charge >= 0.3 is 0 Å². The Kier molecular flexibility index (Phi) is 7.10. The van der Waals surface area contributed by atoms with Crippen molar-refractivity contribution in [3.8, 4) is 0 Å². The largest absolute Gasteiger partial charge is 0.385 e. The number of hydrogen-bond donors (Lipinski definition) is 3. The van der Waals surface area contributed by atoms with Crippen LogP contribution < -0.4 is 10.6 Å². The molecule has 1 aromatic rings. The van der Waals surface area contributed by atoms with Gasteiger partial charge in [-0.2, -0.15) is 0 Å². The molecule has 0 aliphatic rings. The summed E-state index contributed by atoms with van der Waals surface area (Å²) >= 11 is 0. The van der Waals surface area contributed by atoms with Crippen molar-refractivity contribution in [1.29, 1.82) is 0 Å². The van der Waals surface area contributed by atoms with Crippen LogP contribution in [0.15, 0.2) is 6.07 Å². The molecule has 8 heteroatoms. The van der Waals surface area contributed by atoms with E-state index in [0.29, 0.717) is 17.5 Å². The van der Waals surface area contributed by atoms with Crippen LogP contribution in [0.4, 0.5) is 20.4 Å². The van der Waals surface area contributed by atoms with Crippen molar-refractivity contribution in [1.82, 2.24) is 9.97 Å². The second-order valence-electron chi connectivity index (χ2n) is 4.20. The molecule has 3 N–H and O–H groups in total. The average Bonchev–Trinajstić information content (AvgIpc) is 2.42. The van der Waals surface area contributed by atoms with Gasteiger partial charge in [0, 0.05) is 26.3 Å². The van der Waals surface area contributed by atoms with Crippen molar-refractivity contribution in [3.63, 3.8) is 0 Å². The van der Waals surface area contributed by atoms with Crippen molar-refractivity contribution in [2.24, 2.45) is 0 Å². The lowest BCUT2D eigenvalue weighted by molar-refractivity contribution is 0.00380. The summed E-state index contributed by atoms with van der Waals surface area (Å²) in [7, 11) is 1.52. The van der Waals surface area contributed by atoms with Crippen LogP contribution in [-0.2, 0) is 11.3 Å². The lowest BCUT2D eigenvalue weighted by Crippen LogP contribution is -2.27. The Hall–Kier alpha value is -1.54. The maximum absolute atomic E-state index is 12.2. The molecule has 0 amide bonds. The molecule has 1 heterocycles. The van der Waals surface area contributed by atoms with Crippen LogP contribution in [0, 0.1) is 0 Å². The smallest absolute Gasteiger partial charge is 0.265 e. The number of aromatic nitrogens is 2. The van der Waals surface area contributed by atoms with Gasteiger partial charge in [-0.15, -0.1) is 0 Å². The highest BCUT2D eigenvalue weighted by Crippen LogP contribution is 2.13. The SMILES string of the molecule is CCCNc1cc(NCC(O)C(F)F)nc(COC)n1. The van der Waals surface area contributed by atoms with Gasteiger partial charge in [-0.25, -0.2) is 18.7 Å². The first kappa shape index (κ1) is 16.5. The Bertz CT molecular complexity index is 407. The van der Waals surface area contributed by atoms with Crippen LogP contribution >= 0.6 is 0 Å². The van der Waals surface area contributed by atoms with E-state index in [4.69, 9.17) is 9.84 Å². The van der Waals surface area contributed by atoms with E-state index in [9.17, 15) is 8.78 Å². The lowest BCUT2D eigenvalue weighted by atomic mass is 10.3. The Morgan fingerprint density at radius 1 is 1.30 bits per heavy atom. The molecule has 0 bridgehead atoms. The highest BCUT2D eigenvalue weighted by molar-refractivity contribution is 5.47. The average molecular weight is 290 g/mol. The number of methoxy groups -OCH3 is 1. The summed E-state index contributed by atoms with van der Waals surface area (Å²) in [5.41, 5.74) is 0. The Morgan fingerprint density at radius 2 is 1.95 bits per heavy atom. The molecule has 0 spiro atoms. The minimum Gasteiger partial charge on any atom is -0.385 e. The second-order valence-corrected chi connectivity index (χ2v) is 4.20. The molecule has 0 saturated heterocycles. The minimum atomic E-state index is -2.79. The molecule has 0 fully saturated rings. The second kappa shape index (κ2) is 8.60. The number of nitrogens with one attached hydrogen (secondary N) is 2. The summed E-state index contributed by atoms with van der Waals surface area (Å²) in [4.78, 5) is 8.34. The molecule has 6 nitrogen and oxygen atoms in total. The zero-order valence-corrected chi connectivity index (χ0v) is 11.6. The number of rotatable bonds is 9. The van der Waals surface area contributed by atoms with Crippen LogP contribution in [0.25, 0.3) is 0 Å². The lowest BCUT2D eigenvalue weighted by Gasteiger charge is -2.13. The summed E-state index contributed by atoms with van der Waals surface area (Å²) < 4.78 is 29.4. The molecule has 1 aromatic heterocycles. The van der Waals surface area contributed by atoms with Gasteiger partial charge in [0.2, 0.25) is 0 Å². The Labute approximate surface area is 116 Å². The Morgan fingerprint density at radius 3 is 2.50 bits per heavy atom. The molecule has 1 unspecified atom stereocenters. The normalized spacial score (nSPS) is 12.5. The zero-order chi connectivity index (χ0) is 15.0. The van der Waals surface area contributed by atoms with Gasteiger partial charge in [-0.3, -0.25) is 0 Å². The summed E-state index contributed by atoms with van der Waals surface area (Å²) in [5, 5.41) is 14.8. The molecule has 1 atom stereocenters. The summed E-state index contributed by atoms with van der Waals surface area (Å²) in [6.45, 7) is 2.69.